The van der Waals surface area contributed by atoms with E-state index in [1.807, 2.05) is 0 Å². The molecule has 4 heteroatoms. The van der Waals surface area contributed by atoms with E-state index in [4.69, 9.17) is 0 Å². The van der Waals surface area contributed by atoms with Gasteiger partial charge in [-0.2, -0.15) is 0 Å². The predicted molar refractivity (Wildman–Crippen MR) is 112 cm³/mol. The summed E-state index contributed by atoms with van der Waals surface area (Å²) >= 11 is 0. The lowest BCUT2D eigenvalue weighted by atomic mass is 9.62. The Morgan fingerprint density at radius 3 is 2.75 bits per heavy atom. The van der Waals surface area contributed by atoms with Crippen molar-refractivity contribution in [1.82, 2.24) is 0 Å². The number of ether oxygens (including phenoxy) is 1. The molecule has 2 aliphatic carbocycles. The van der Waals surface area contributed by atoms with E-state index in [2.05, 4.69) is 36.0 Å². The zero-order valence-corrected chi connectivity index (χ0v) is 17.7. The molecule has 0 aliphatic heterocycles. The average Bonchev–Trinajstić information content (AvgIpc) is 3.00. The van der Waals surface area contributed by atoms with Crippen molar-refractivity contribution in [2.24, 2.45) is 17.3 Å². The van der Waals surface area contributed by atoms with Crippen LogP contribution in [0.3, 0.4) is 0 Å². The molecular weight excluding hydrogens is 352 g/mol. The number of ketones is 1. The first-order chi connectivity index (χ1) is 13.5. The number of aliphatic hydroxyl groups excluding tert-OH is 1. The van der Waals surface area contributed by atoms with Crippen molar-refractivity contribution in [3.8, 4) is 0 Å². The standard InChI is InChI=1S/C24H38O4/c1-3-16-24(17-9-18-24)22(26)12-8-10-19-14-15-21(25)20(19)11-6-4-5-7-13-23(27)28-2/h4,6,8,10,19-20,22,26H,3,5,7,9,11-18H2,1-2H3/t19-,20+,22?/m0/s1. The summed E-state index contributed by atoms with van der Waals surface area (Å²) in [7, 11) is 1.41. The third-order valence-electron chi connectivity index (χ3n) is 6.74. The molecule has 2 fully saturated rings. The lowest BCUT2D eigenvalue weighted by Crippen LogP contribution is -2.41. The molecule has 2 aliphatic rings. The maximum Gasteiger partial charge on any atom is 0.305 e. The van der Waals surface area contributed by atoms with Crippen LogP contribution in [-0.2, 0) is 14.3 Å². The fraction of sp³-hybridized carbons (Fsp3) is 0.750. The van der Waals surface area contributed by atoms with Gasteiger partial charge in [-0.15, -0.1) is 0 Å². The lowest BCUT2D eigenvalue weighted by molar-refractivity contribution is -0.140. The van der Waals surface area contributed by atoms with Gasteiger partial charge in [0.15, 0.2) is 0 Å². The highest BCUT2D eigenvalue weighted by Crippen LogP contribution is 2.48. The molecule has 1 N–H and O–H groups in total. The summed E-state index contributed by atoms with van der Waals surface area (Å²) in [6, 6.07) is 0. The summed E-state index contributed by atoms with van der Waals surface area (Å²) < 4.78 is 4.63. The van der Waals surface area contributed by atoms with Gasteiger partial charge in [0.25, 0.3) is 0 Å². The maximum absolute atomic E-state index is 12.3. The molecule has 0 spiro atoms. The van der Waals surface area contributed by atoms with Gasteiger partial charge in [0.1, 0.15) is 5.78 Å². The van der Waals surface area contributed by atoms with E-state index >= 15 is 0 Å². The third-order valence-corrected chi connectivity index (χ3v) is 6.74. The van der Waals surface area contributed by atoms with E-state index < -0.39 is 0 Å². The van der Waals surface area contributed by atoms with Crippen LogP contribution in [-0.4, -0.2) is 30.1 Å². The quantitative estimate of drug-likeness (QED) is 0.284. The molecule has 3 atom stereocenters. The van der Waals surface area contributed by atoms with Gasteiger partial charge in [0.2, 0.25) is 0 Å². The molecule has 0 bridgehead atoms. The van der Waals surface area contributed by atoms with Crippen molar-refractivity contribution in [3.63, 3.8) is 0 Å². The monoisotopic (exact) mass is 390 g/mol. The molecule has 0 radical (unpaired) electrons. The number of rotatable bonds is 12. The van der Waals surface area contributed by atoms with Gasteiger partial charge < -0.3 is 9.84 Å². The van der Waals surface area contributed by atoms with E-state index in [9.17, 15) is 14.7 Å². The zero-order chi connectivity index (χ0) is 20.4. The van der Waals surface area contributed by atoms with E-state index in [0.717, 1.165) is 51.4 Å². The number of carbonyl (C=O) groups is 2. The van der Waals surface area contributed by atoms with Crippen molar-refractivity contribution in [3.05, 3.63) is 24.3 Å². The number of Topliss-reactive ketones (excluding diaryl/α,β-unsaturated/α-hetero) is 1. The predicted octanol–water partition coefficient (Wildman–Crippen LogP) is 5.15. The summed E-state index contributed by atoms with van der Waals surface area (Å²) in [5.41, 5.74) is 0.150. The molecule has 158 valence electrons. The Bertz CT molecular complexity index is 559. The van der Waals surface area contributed by atoms with E-state index in [1.54, 1.807) is 0 Å². The van der Waals surface area contributed by atoms with E-state index in [0.29, 0.717) is 31.0 Å². The Hall–Kier alpha value is -1.42. The molecular formula is C24H38O4. The number of esters is 1. The van der Waals surface area contributed by atoms with Crippen LogP contribution in [0.25, 0.3) is 0 Å². The number of aliphatic hydroxyl groups is 1. The minimum absolute atomic E-state index is 0.0681. The van der Waals surface area contributed by atoms with Gasteiger partial charge in [0.05, 0.1) is 13.2 Å². The molecule has 0 aromatic rings. The first-order valence-corrected chi connectivity index (χ1v) is 11.1. The second kappa shape index (κ2) is 11.5. The molecule has 0 heterocycles. The number of hydrogen-bond acceptors (Lipinski definition) is 4. The Morgan fingerprint density at radius 1 is 1.32 bits per heavy atom. The van der Waals surface area contributed by atoms with Crippen LogP contribution in [0.5, 0.6) is 0 Å². The minimum Gasteiger partial charge on any atom is -0.469 e. The second-order valence-electron chi connectivity index (χ2n) is 8.60. The second-order valence-corrected chi connectivity index (χ2v) is 8.60. The SMILES string of the molecule is CCCC1(C(O)CC=C[C@H]2CCC(=O)[C@@H]2CC=CCCCC(=O)OC)CCC1. The molecule has 0 saturated heterocycles. The number of allylic oxidation sites excluding steroid dienone is 3. The van der Waals surface area contributed by atoms with Crippen molar-refractivity contribution >= 4 is 11.8 Å². The van der Waals surface area contributed by atoms with Crippen molar-refractivity contribution < 1.29 is 19.4 Å². The molecule has 0 amide bonds. The summed E-state index contributed by atoms with van der Waals surface area (Å²) in [5.74, 6) is 0.548. The molecule has 2 rings (SSSR count). The van der Waals surface area contributed by atoms with Crippen LogP contribution in [0, 0.1) is 17.3 Å². The topological polar surface area (TPSA) is 63.6 Å². The highest BCUT2D eigenvalue weighted by molar-refractivity contribution is 5.83. The van der Waals surface area contributed by atoms with Crippen LogP contribution in [0.15, 0.2) is 24.3 Å². The van der Waals surface area contributed by atoms with Gasteiger partial charge in [-0.1, -0.05) is 44.1 Å². The smallest absolute Gasteiger partial charge is 0.305 e. The van der Waals surface area contributed by atoms with E-state index in [-0.39, 0.29) is 23.4 Å². The first kappa shape index (κ1) is 22.9. The van der Waals surface area contributed by atoms with Gasteiger partial charge >= 0.3 is 5.97 Å². The van der Waals surface area contributed by atoms with Gasteiger partial charge in [-0.05, 0) is 62.7 Å². The molecule has 1 unspecified atom stereocenters. The Kier molecular flexibility index (Phi) is 9.43. The van der Waals surface area contributed by atoms with Crippen molar-refractivity contribution in [1.29, 1.82) is 0 Å². The lowest BCUT2D eigenvalue weighted by Gasteiger charge is -2.45. The maximum atomic E-state index is 12.3. The van der Waals surface area contributed by atoms with Crippen molar-refractivity contribution in [2.75, 3.05) is 7.11 Å². The minimum atomic E-state index is -0.247. The van der Waals surface area contributed by atoms with Crippen LogP contribution in [0.2, 0.25) is 0 Å². The molecule has 4 nitrogen and oxygen atoms in total. The highest BCUT2D eigenvalue weighted by atomic mass is 16.5. The van der Waals surface area contributed by atoms with Gasteiger partial charge in [0, 0.05) is 18.8 Å². The first-order valence-electron chi connectivity index (χ1n) is 11.1. The summed E-state index contributed by atoms with van der Waals surface area (Å²) in [5, 5.41) is 10.7. The molecule has 28 heavy (non-hydrogen) atoms. The van der Waals surface area contributed by atoms with Crippen molar-refractivity contribution in [2.45, 2.75) is 90.1 Å². The fourth-order valence-corrected chi connectivity index (χ4v) is 4.81. The van der Waals surface area contributed by atoms with Gasteiger partial charge in [-0.3, -0.25) is 9.59 Å². The van der Waals surface area contributed by atoms with Crippen LogP contribution in [0.1, 0.15) is 84.0 Å². The summed E-state index contributed by atoms with van der Waals surface area (Å²) in [6.45, 7) is 2.19. The molecule has 2 saturated carbocycles. The summed E-state index contributed by atoms with van der Waals surface area (Å²) in [6.07, 6.45) is 19.1. The third kappa shape index (κ3) is 6.30. The van der Waals surface area contributed by atoms with Gasteiger partial charge in [-0.25, -0.2) is 0 Å². The van der Waals surface area contributed by atoms with Crippen LogP contribution < -0.4 is 0 Å². The summed E-state index contributed by atoms with van der Waals surface area (Å²) in [4.78, 5) is 23.3. The average molecular weight is 391 g/mol. The number of unbranched alkanes of at least 4 members (excludes halogenated alkanes) is 1. The zero-order valence-electron chi connectivity index (χ0n) is 17.7. The van der Waals surface area contributed by atoms with Crippen LogP contribution >= 0.6 is 0 Å². The Morgan fingerprint density at radius 2 is 2.11 bits per heavy atom. The molecule has 0 aromatic heterocycles. The Labute approximate surface area is 170 Å². The largest absolute Gasteiger partial charge is 0.469 e. The normalized spacial score (nSPS) is 25.3. The Balaban J connectivity index is 1.76. The highest BCUT2D eigenvalue weighted by Gasteiger charge is 2.41. The van der Waals surface area contributed by atoms with E-state index in [1.165, 1.54) is 13.5 Å². The fourth-order valence-electron chi connectivity index (χ4n) is 4.81. The van der Waals surface area contributed by atoms with Crippen LogP contribution in [0.4, 0.5) is 0 Å². The number of hydrogen-bond donors (Lipinski definition) is 1. The number of carbonyl (C=O) groups excluding carboxylic acids is 2. The number of methoxy groups -OCH3 is 1. The molecule has 0 aromatic carbocycles.